The SMILES string of the molecule is Cc1cc(C(=O)N(CCO)C2CCCC2)cc([N+](=O)[O-])c1. The van der Waals surface area contributed by atoms with Gasteiger partial charge in [0, 0.05) is 30.3 Å². The summed E-state index contributed by atoms with van der Waals surface area (Å²) in [5.74, 6) is -0.234. The first kappa shape index (κ1) is 15.4. The molecule has 1 fully saturated rings. The van der Waals surface area contributed by atoms with E-state index in [1.807, 2.05) is 0 Å². The summed E-state index contributed by atoms with van der Waals surface area (Å²) in [6.45, 7) is 1.90. The fraction of sp³-hybridized carbons (Fsp3) is 0.533. The van der Waals surface area contributed by atoms with Crippen LogP contribution in [0.5, 0.6) is 0 Å². The van der Waals surface area contributed by atoms with Crippen LogP contribution in [0, 0.1) is 17.0 Å². The number of nitrogens with zero attached hydrogens (tertiary/aromatic N) is 2. The first-order valence-corrected chi connectivity index (χ1v) is 7.21. The first-order chi connectivity index (χ1) is 10.0. The molecule has 1 amide bonds. The highest BCUT2D eigenvalue weighted by atomic mass is 16.6. The van der Waals surface area contributed by atoms with Gasteiger partial charge in [0.05, 0.1) is 11.5 Å². The zero-order valence-corrected chi connectivity index (χ0v) is 12.1. The molecule has 2 rings (SSSR count). The van der Waals surface area contributed by atoms with E-state index in [9.17, 15) is 20.0 Å². The van der Waals surface area contributed by atoms with Crippen molar-refractivity contribution in [2.75, 3.05) is 13.2 Å². The molecule has 0 radical (unpaired) electrons. The molecule has 0 heterocycles. The Hall–Kier alpha value is -1.95. The highest BCUT2D eigenvalue weighted by Crippen LogP contribution is 2.26. The van der Waals surface area contributed by atoms with Crippen molar-refractivity contribution in [3.05, 3.63) is 39.4 Å². The fourth-order valence-electron chi connectivity index (χ4n) is 2.93. The van der Waals surface area contributed by atoms with Crippen molar-refractivity contribution < 1.29 is 14.8 Å². The maximum Gasteiger partial charge on any atom is 0.270 e. The van der Waals surface area contributed by atoms with Crippen LogP contribution in [0.2, 0.25) is 0 Å². The third kappa shape index (κ3) is 3.58. The van der Waals surface area contributed by atoms with Gasteiger partial charge in [-0.3, -0.25) is 14.9 Å². The van der Waals surface area contributed by atoms with E-state index in [2.05, 4.69) is 0 Å². The Morgan fingerprint density at radius 1 is 1.38 bits per heavy atom. The van der Waals surface area contributed by atoms with E-state index in [1.54, 1.807) is 17.9 Å². The summed E-state index contributed by atoms with van der Waals surface area (Å²) in [5, 5.41) is 20.1. The Morgan fingerprint density at radius 3 is 2.62 bits per heavy atom. The van der Waals surface area contributed by atoms with Crippen molar-refractivity contribution in [1.82, 2.24) is 4.90 Å². The second kappa shape index (κ2) is 6.67. The van der Waals surface area contributed by atoms with Crippen LogP contribution < -0.4 is 0 Å². The number of carbonyl (C=O) groups excluding carboxylic acids is 1. The third-order valence-electron chi connectivity index (χ3n) is 3.89. The van der Waals surface area contributed by atoms with E-state index in [4.69, 9.17) is 0 Å². The number of non-ortho nitro benzene ring substituents is 1. The van der Waals surface area contributed by atoms with Crippen LogP contribution in [0.25, 0.3) is 0 Å². The summed E-state index contributed by atoms with van der Waals surface area (Å²) in [5.41, 5.74) is 0.929. The fourth-order valence-corrected chi connectivity index (χ4v) is 2.93. The normalized spacial score (nSPS) is 15.1. The monoisotopic (exact) mass is 292 g/mol. The number of carbonyl (C=O) groups is 1. The Labute approximate surface area is 123 Å². The maximum atomic E-state index is 12.6. The summed E-state index contributed by atoms with van der Waals surface area (Å²) >= 11 is 0. The maximum absolute atomic E-state index is 12.6. The van der Waals surface area contributed by atoms with Crippen LogP contribution >= 0.6 is 0 Å². The molecule has 1 aromatic rings. The Kier molecular flexibility index (Phi) is 4.90. The number of aliphatic hydroxyl groups excluding tert-OH is 1. The van der Waals surface area contributed by atoms with E-state index in [0.717, 1.165) is 25.7 Å². The Morgan fingerprint density at radius 2 is 2.05 bits per heavy atom. The van der Waals surface area contributed by atoms with E-state index in [-0.39, 0.29) is 30.8 Å². The van der Waals surface area contributed by atoms with Gasteiger partial charge in [0.1, 0.15) is 0 Å². The molecule has 1 N–H and O–H groups in total. The van der Waals surface area contributed by atoms with Gasteiger partial charge in [-0.25, -0.2) is 0 Å². The molecule has 0 aromatic heterocycles. The number of hydrogen-bond donors (Lipinski definition) is 1. The minimum atomic E-state index is -0.490. The second-order valence-electron chi connectivity index (χ2n) is 5.47. The van der Waals surface area contributed by atoms with E-state index >= 15 is 0 Å². The molecule has 1 aliphatic rings. The predicted octanol–water partition coefficient (Wildman–Crippen LogP) is 2.28. The summed E-state index contributed by atoms with van der Waals surface area (Å²) < 4.78 is 0. The van der Waals surface area contributed by atoms with Gasteiger partial charge in [-0.2, -0.15) is 0 Å². The molecule has 1 aliphatic carbocycles. The van der Waals surface area contributed by atoms with Crippen molar-refractivity contribution in [2.24, 2.45) is 0 Å². The number of aliphatic hydroxyl groups is 1. The van der Waals surface area contributed by atoms with Gasteiger partial charge in [0.15, 0.2) is 0 Å². The standard InChI is InChI=1S/C15H20N2O4/c1-11-8-12(10-14(9-11)17(20)21)15(19)16(6-7-18)13-4-2-3-5-13/h8-10,13,18H,2-7H2,1H3. The summed E-state index contributed by atoms with van der Waals surface area (Å²) in [7, 11) is 0. The minimum absolute atomic E-state index is 0.0753. The number of rotatable bonds is 5. The minimum Gasteiger partial charge on any atom is -0.395 e. The second-order valence-corrected chi connectivity index (χ2v) is 5.47. The van der Waals surface area contributed by atoms with Gasteiger partial charge < -0.3 is 10.0 Å². The average Bonchev–Trinajstić information content (AvgIpc) is 2.97. The number of amides is 1. The van der Waals surface area contributed by atoms with Crippen molar-refractivity contribution in [3.63, 3.8) is 0 Å². The molecule has 1 saturated carbocycles. The van der Waals surface area contributed by atoms with Crippen LogP contribution in [-0.2, 0) is 0 Å². The van der Waals surface area contributed by atoms with E-state index in [1.165, 1.54) is 12.1 Å². The van der Waals surface area contributed by atoms with E-state index in [0.29, 0.717) is 11.1 Å². The molecular formula is C15H20N2O4. The van der Waals surface area contributed by atoms with Gasteiger partial charge in [-0.05, 0) is 31.4 Å². The lowest BCUT2D eigenvalue weighted by molar-refractivity contribution is -0.384. The number of aryl methyl sites for hydroxylation is 1. The molecule has 6 nitrogen and oxygen atoms in total. The summed E-state index contributed by atoms with van der Waals surface area (Å²) in [6, 6.07) is 4.55. The molecular weight excluding hydrogens is 272 g/mol. The van der Waals surface area contributed by atoms with E-state index < -0.39 is 4.92 Å². The van der Waals surface area contributed by atoms with Crippen molar-refractivity contribution >= 4 is 11.6 Å². The highest BCUT2D eigenvalue weighted by Gasteiger charge is 2.27. The van der Waals surface area contributed by atoms with Crippen molar-refractivity contribution in [3.8, 4) is 0 Å². The number of benzene rings is 1. The lowest BCUT2D eigenvalue weighted by Crippen LogP contribution is -2.40. The van der Waals surface area contributed by atoms with Crippen LogP contribution in [0.15, 0.2) is 18.2 Å². The Balaban J connectivity index is 2.29. The number of nitro groups is 1. The van der Waals surface area contributed by atoms with Crippen LogP contribution in [-0.4, -0.2) is 40.0 Å². The van der Waals surface area contributed by atoms with Crippen molar-refractivity contribution in [1.29, 1.82) is 0 Å². The molecule has 21 heavy (non-hydrogen) atoms. The van der Waals surface area contributed by atoms with Gasteiger partial charge in [0.25, 0.3) is 11.6 Å². The van der Waals surface area contributed by atoms with Gasteiger partial charge in [-0.1, -0.05) is 12.8 Å². The topological polar surface area (TPSA) is 83.7 Å². The van der Waals surface area contributed by atoms with Crippen LogP contribution in [0.3, 0.4) is 0 Å². The molecule has 0 saturated heterocycles. The molecule has 1 aromatic carbocycles. The van der Waals surface area contributed by atoms with Crippen LogP contribution in [0.4, 0.5) is 5.69 Å². The summed E-state index contributed by atoms with van der Waals surface area (Å²) in [6.07, 6.45) is 4.01. The molecule has 0 bridgehead atoms. The number of hydrogen-bond acceptors (Lipinski definition) is 4. The smallest absolute Gasteiger partial charge is 0.270 e. The molecule has 0 aliphatic heterocycles. The summed E-state index contributed by atoms with van der Waals surface area (Å²) in [4.78, 5) is 24.7. The molecule has 0 unspecified atom stereocenters. The lowest BCUT2D eigenvalue weighted by Gasteiger charge is -2.28. The van der Waals surface area contributed by atoms with Gasteiger partial charge >= 0.3 is 0 Å². The molecule has 0 atom stereocenters. The highest BCUT2D eigenvalue weighted by molar-refractivity contribution is 5.95. The average molecular weight is 292 g/mol. The Bertz CT molecular complexity index is 538. The third-order valence-corrected chi connectivity index (χ3v) is 3.89. The van der Waals surface area contributed by atoms with Gasteiger partial charge in [0.2, 0.25) is 0 Å². The first-order valence-electron chi connectivity index (χ1n) is 7.21. The molecule has 6 heteroatoms. The zero-order chi connectivity index (χ0) is 15.4. The number of nitro benzene ring substituents is 1. The van der Waals surface area contributed by atoms with Crippen LogP contribution in [0.1, 0.15) is 41.6 Å². The largest absolute Gasteiger partial charge is 0.395 e. The molecule has 114 valence electrons. The molecule has 0 spiro atoms. The van der Waals surface area contributed by atoms with Crippen molar-refractivity contribution in [2.45, 2.75) is 38.6 Å². The lowest BCUT2D eigenvalue weighted by atomic mass is 10.1. The quantitative estimate of drug-likeness (QED) is 0.666. The predicted molar refractivity (Wildman–Crippen MR) is 78.2 cm³/mol. The zero-order valence-electron chi connectivity index (χ0n) is 12.1. The van der Waals surface area contributed by atoms with Gasteiger partial charge in [-0.15, -0.1) is 0 Å².